The molecule has 6 saturated carbocycles. The Morgan fingerprint density at radius 3 is 1.50 bits per heavy atom. The van der Waals surface area contributed by atoms with Crippen molar-refractivity contribution in [1.82, 2.24) is 41.2 Å². The van der Waals surface area contributed by atoms with Gasteiger partial charge in [-0.1, -0.05) is 137 Å². The van der Waals surface area contributed by atoms with Gasteiger partial charge in [0.15, 0.2) is 13.0 Å². The van der Waals surface area contributed by atoms with Gasteiger partial charge in [0.05, 0.1) is 51.0 Å². The highest BCUT2D eigenvalue weighted by atomic mass is 79.9. The molecule has 0 radical (unpaired) electrons. The van der Waals surface area contributed by atoms with Crippen LogP contribution >= 0.6 is 85.2 Å². The summed E-state index contributed by atoms with van der Waals surface area (Å²) < 4.78 is 67.9. The number of alkyl carbamates (subject to hydrolysis) is 2. The number of thioether (sulfide) groups is 3. The van der Waals surface area contributed by atoms with E-state index in [0.717, 1.165) is 55.5 Å². The monoisotopic (exact) mass is 1820 g/mol. The summed E-state index contributed by atoms with van der Waals surface area (Å²) in [5.74, 6) is 0.888. The number of nitrogen functional groups attached to an aromatic ring is 3. The number of amides is 2. The third-order valence-corrected chi connectivity index (χ3v) is 28.8. The van der Waals surface area contributed by atoms with Gasteiger partial charge in [-0.05, 0) is 236 Å². The number of ether oxygens (including phenoxy) is 6. The molecule has 119 heavy (non-hydrogen) atoms. The second-order valence-electron chi connectivity index (χ2n) is 36.1. The second-order valence-corrected chi connectivity index (χ2v) is 44.3. The highest BCUT2D eigenvalue weighted by Gasteiger charge is 2.70. The number of aromatic carboxylic acids is 1. The lowest BCUT2D eigenvalue weighted by molar-refractivity contribution is -0.199. The zero-order chi connectivity index (χ0) is 87.4. The summed E-state index contributed by atoms with van der Waals surface area (Å²) in [7, 11) is -2.09. The molecule has 0 spiro atoms. The van der Waals surface area contributed by atoms with Crippen molar-refractivity contribution in [3.63, 3.8) is 0 Å². The van der Waals surface area contributed by atoms with Gasteiger partial charge < -0.3 is 95.4 Å². The molecule has 6 heterocycles. The molecule has 6 aliphatic carbocycles. The summed E-state index contributed by atoms with van der Waals surface area (Å²) in [5, 5.41) is 50.5. The molecule has 6 aromatic rings. The summed E-state index contributed by atoms with van der Waals surface area (Å²) >= 11 is 11.5. The summed E-state index contributed by atoms with van der Waals surface area (Å²) in [5.41, 5.74) is 25.4. The lowest BCUT2D eigenvalue weighted by Crippen LogP contribution is -2.65. The Morgan fingerprint density at radius 2 is 1.05 bits per heavy atom. The number of benzene rings is 3. The Bertz CT molecular complexity index is 4580. The Morgan fingerprint density at radius 1 is 0.597 bits per heavy atom. The number of nitrogens with two attached hydrogens (primary N) is 4. The topological polar surface area (TPSA) is 433 Å². The average molecular weight is 1820 g/mol. The minimum Gasteiger partial charge on any atom is -0.534 e. The molecule has 2 amide bonds. The number of fused-ring (bicyclic) bond motifs is 1. The number of rotatable bonds is 24. The van der Waals surface area contributed by atoms with E-state index in [9.17, 15) is 34.1 Å². The van der Waals surface area contributed by atoms with E-state index < -0.39 is 61.8 Å². The minimum absolute atomic E-state index is 0.0235. The van der Waals surface area contributed by atoms with Crippen LogP contribution in [0.2, 0.25) is 0 Å². The molecule has 6 unspecified atom stereocenters. The van der Waals surface area contributed by atoms with Crippen molar-refractivity contribution < 1.29 is 85.8 Å². The van der Waals surface area contributed by atoms with Crippen LogP contribution in [0.25, 0.3) is 0 Å². The number of hydrogen-bond donors (Lipinski definition) is 8. The van der Waals surface area contributed by atoms with Crippen molar-refractivity contribution in [2.24, 2.45) is 40.2 Å². The molecule has 15 rings (SSSR count). The number of esters is 2. The molecular weight excluding hydrogens is 1710 g/mol. The largest absolute Gasteiger partial charge is 0.537 e. The van der Waals surface area contributed by atoms with Crippen LogP contribution in [-0.4, -0.2) is 192 Å². The maximum absolute atomic E-state index is 13.6. The van der Waals surface area contributed by atoms with E-state index in [2.05, 4.69) is 105 Å². The Balaban J connectivity index is 0.000000183. The predicted octanol–water partition coefficient (Wildman–Crippen LogP) is 13.8. The van der Waals surface area contributed by atoms with Crippen LogP contribution in [-0.2, 0) is 56.8 Å². The van der Waals surface area contributed by atoms with Crippen LogP contribution in [0.3, 0.4) is 0 Å². The molecule has 40 heteroatoms. The minimum atomic E-state index is -1.20. The van der Waals surface area contributed by atoms with Crippen LogP contribution in [0, 0.1) is 48.3 Å². The van der Waals surface area contributed by atoms with Gasteiger partial charge in [-0.15, -0.1) is 30.6 Å². The summed E-state index contributed by atoms with van der Waals surface area (Å²) in [4.78, 5) is 61.1. The number of carboxylic acid groups (broad SMARTS) is 1. The molecular formula is C79H114B3BrN12O18S6. The number of hydrogen-bond acceptors (Lipinski definition) is 33. The molecule has 3 aliphatic heterocycles. The van der Waals surface area contributed by atoms with Crippen LogP contribution in [0.15, 0.2) is 55.5 Å². The van der Waals surface area contributed by atoms with Crippen LogP contribution in [0.1, 0.15) is 209 Å². The first-order chi connectivity index (χ1) is 55.5. The normalized spacial score (nSPS) is 23.4. The molecule has 650 valence electrons. The fourth-order valence-electron chi connectivity index (χ4n) is 16.3. The van der Waals surface area contributed by atoms with Gasteiger partial charge in [0.2, 0.25) is 15.4 Å². The number of alkyl halides is 1. The third-order valence-electron chi connectivity index (χ3n) is 22.2. The zero-order valence-corrected chi connectivity index (χ0v) is 77.9. The Labute approximate surface area is 731 Å². The highest BCUT2D eigenvalue weighted by Crippen LogP contribution is 2.67. The van der Waals surface area contributed by atoms with Crippen LogP contribution < -0.4 is 47.7 Å². The number of anilines is 3. The first-order valence-electron chi connectivity index (χ1n) is 39.8. The quantitative estimate of drug-likeness (QED) is 0.00696. The van der Waals surface area contributed by atoms with E-state index in [1.165, 1.54) is 64.0 Å². The highest BCUT2D eigenvalue weighted by molar-refractivity contribution is 9.09. The van der Waals surface area contributed by atoms with E-state index >= 15 is 0 Å². The van der Waals surface area contributed by atoms with Crippen LogP contribution in [0.5, 0.6) is 17.2 Å². The summed E-state index contributed by atoms with van der Waals surface area (Å²) in [6.45, 7) is 41.1. The van der Waals surface area contributed by atoms with E-state index in [1.54, 1.807) is 50.7 Å². The lowest BCUT2D eigenvalue weighted by Gasteiger charge is -2.64. The third kappa shape index (κ3) is 23.7. The van der Waals surface area contributed by atoms with Gasteiger partial charge in [0, 0.05) is 18.4 Å². The average Bonchev–Trinajstić information content (AvgIpc) is 1.62. The fraction of sp³-hybridized carbons (Fsp3) is 0.633. The predicted molar refractivity (Wildman–Crippen MR) is 470 cm³/mol. The molecule has 4 bridgehead atoms. The van der Waals surface area contributed by atoms with Gasteiger partial charge in [-0.25, -0.2) is 24.0 Å². The smallest absolute Gasteiger partial charge is 0.534 e. The van der Waals surface area contributed by atoms with Crippen molar-refractivity contribution in [2.45, 2.75) is 258 Å². The standard InChI is InChI=1S/C33H49BN4O7S2.C26H36BN3O4S2.C13H15BN4O5S2.C7H14BrNO2/c1-18-19(11-12-21(25(18)26(39)42-30(2,3)4)41-14-13-36-28(40)43-31(5,6)7)15-24(46-29-38-37-27(35)47-29)34-44-23-17-20-16-22(32(20,8)9)33(23,10)45-34;1-14-15(9-8-10-17(14)21(31)32-24(2,3)4)11-20(35-23-30-29-22(28)36-23)27-33-19-13-16-12-18(25(16,5)6)26(19,7)34-27;15-3-4-22-7-2-1-6-5-8(24-13-18-17-12(16)25-13)14(21)23-10(6)9(7)11(19)20;1-7(2,3)11-6(10)9-5-4-8/h11-12,20,22-24H,13-17H2,1-10H3,(H2,35,37)(H,36,40);8-10,16,18-20H,11-13H2,1-7H3,(H2,28,29);1-2,8,21H,3-5,15H2,(H2,16,17)(H,19,20);4-5H2,1-3H3,(H,9,10)/t20?,22?,23?,24-,33-;16?,18?,19?,20-,26-;8-;/m000./s1. The van der Waals surface area contributed by atoms with Gasteiger partial charge in [0.25, 0.3) is 0 Å². The molecule has 11 atom stereocenters. The second kappa shape index (κ2) is 38.4. The molecule has 2 saturated heterocycles. The van der Waals surface area contributed by atoms with Gasteiger partial charge in [0.1, 0.15) is 64.0 Å². The summed E-state index contributed by atoms with van der Waals surface area (Å²) in [6.07, 6.45) is 5.18. The molecule has 3 aromatic heterocycles. The van der Waals surface area contributed by atoms with Gasteiger partial charge in [-0.2, -0.15) is 0 Å². The van der Waals surface area contributed by atoms with Gasteiger partial charge in [-0.3, -0.25) is 0 Å². The number of carbonyl (C=O) groups is 5. The fourth-order valence-corrected chi connectivity index (χ4v) is 22.5. The van der Waals surface area contributed by atoms with E-state index in [0.29, 0.717) is 91.7 Å². The molecule has 8 fully saturated rings. The zero-order valence-electron chi connectivity index (χ0n) is 71.4. The first-order valence-corrected chi connectivity index (χ1v) is 46.0. The summed E-state index contributed by atoms with van der Waals surface area (Å²) in [6, 6.07) is 12.9. The Kier molecular flexibility index (Phi) is 30.6. The van der Waals surface area contributed by atoms with Crippen molar-refractivity contribution in [2.75, 3.05) is 55.4 Å². The van der Waals surface area contributed by atoms with Crippen LogP contribution in [0.4, 0.5) is 25.0 Å². The van der Waals surface area contributed by atoms with Crippen molar-refractivity contribution >= 4 is 152 Å². The van der Waals surface area contributed by atoms with Gasteiger partial charge >= 0.3 is 51.4 Å². The number of aromatic nitrogens is 6. The molecule has 30 nitrogen and oxygen atoms in total. The van der Waals surface area contributed by atoms with E-state index in [-0.39, 0.29) is 105 Å². The van der Waals surface area contributed by atoms with E-state index in [1.807, 2.05) is 94.4 Å². The SMILES string of the molecule is CC(C)(C)OC(=O)NCCBr.Cc1c(C[C@H](Sc2nnc(N)s2)B2OC3CC4CC(C4(C)C)[C@]3(C)O2)ccc(OCCNC(=O)OC(C)(C)C)c1C(=O)OC(C)(C)C.Cc1c(C[C@H](Sc2nnc(N)s2)B2OC3CC4CC(C4(C)C)[C@]3(C)O2)cccc1C(=O)OC(C)(C)C.NCCOc1ccc2c(c1C(=O)O)OB(O)[C@@H](Sc1nnc(N)s1)C2. The maximum Gasteiger partial charge on any atom is 0.537 e. The molecule has 9 aliphatic rings. The number of carboxylic acids is 1. The van der Waals surface area contributed by atoms with E-state index in [4.69, 9.17) is 74.6 Å². The lowest BCUT2D eigenvalue weighted by atomic mass is 9.43. The number of carbonyl (C=O) groups excluding carboxylic acids is 4. The molecule has 12 N–H and O–H groups in total. The van der Waals surface area contributed by atoms with Crippen molar-refractivity contribution in [3.05, 3.63) is 87.0 Å². The first kappa shape index (κ1) is 94.8. The molecule has 3 aromatic carbocycles. The number of halogens is 1. The van der Waals surface area contributed by atoms with Crippen molar-refractivity contribution in [3.8, 4) is 17.2 Å². The maximum atomic E-state index is 13.6. The number of nitrogens with one attached hydrogen (secondary N) is 2. The number of nitrogens with zero attached hydrogens (tertiary/aromatic N) is 6. The van der Waals surface area contributed by atoms with Crippen molar-refractivity contribution in [1.29, 1.82) is 0 Å². The Hall–Kier alpha value is -6.43.